The van der Waals surface area contributed by atoms with Gasteiger partial charge in [0.05, 0.1) is 28.7 Å². The summed E-state index contributed by atoms with van der Waals surface area (Å²) in [5.74, 6) is 0.442. The summed E-state index contributed by atoms with van der Waals surface area (Å²) in [5.41, 5.74) is 2.08. The molecule has 0 amide bonds. The molecule has 0 radical (unpaired) electrons. The van der Waals surface area contributed by atoms with E-state index in [9.17, 15) is 4.39 Å². The molecular formula is C19H22FN7S. The fourth-order valence-corrected chi connectivity index (χ4v) is 4.13. The third-order valence-electron chi connectivity index (χ3n) is 4.68. The first-order valence-corrected chi connectivity index (χ1v) is 10.1. The predicted octanol–water partition coefficient (Wildman–Crippen LogP) is 4.22. The largest absolute Gasteiger partial charge is 0.370 e. The fraction of sp³-hybridized carbons (Fsp3) is 0.368. The highest BCUT2D eigenvalue weighted by Crippen LogP contribution is 2.33. The Labute approximate surface area is 167 Å². The molecule has 4 rings (SSSR count). The maximum atomic E-state index is 14.3. The number of thiazole rings is 1. The van der Waals surface area contributed by atoms with Gasteiger partial charge in [0.25, 0.3) is 0 Å². The van der Waals surface area contributed by atoms with Gasteiger partial charge in [-0.3, -0.25) is 0 Å². The maximum Gasteiger partial charge on any atom is 0.229 e. The molecule has 28 heavy (non-hydrogen) atoms. The van der Waals surface area contributed by atoms with Crippen LogP contribution in [0.15, 0.2) is 24.5 Å². The van der Waals surface area contributed by atoms with Crippen LogP contribution in [0, 0.1) is 12.7 Å². The van der Waals surface area contributed by atoms with Gasteiger partial charge in [0, 0.05) is 20.1 Å². The lowest BCUT2D eigenvalue weighted by Gasteiger charge is -2.28. The zero-order valence-electron chi connectivity index (χ0n) is 15.9. The lowest BCUT2D eigenvalue weighted by molar-refractivity contribution is 0.577. The molecule has 2 N–H and O–H groups in total. The third-order valence-corrected chi connectivity index (χ3v) is 5.86. The highest BCUT2D eigenvalue weighted by molar-refractivity contribution is 7.19. The molecule has 0 saturated carbocycles. The summed E-state index contributed by atoms with van der Waals surface area (Å²) >= 11 is 1.36. The summed E-state index contributed by atoms with van der Waals surface area (Å²) < 4.78 is 14.3. The summed E-state index contributed by atoms with van der Waals surface area (Å²) in [6, 6.07) is 3.94. The molecule has 9 heteroatoms. The smallest absolute Gasteiger partial charge is 0.229 e. The van der Waals surface area contributed by atoms with Crippen molar-refractivity contribution in [2.24, 2.45) is 0 Å². The van der Waals surface area contributed by atoms with E-state index in [-0.39, 0.29) is 5.69 Å². The van der Waals surface area contributed by atoms with Gasteiger partial charge < -0.3 is 15.5 Å². The Morgan fingerprint density at radius 2 is 1.89 bits per heavy atom. The van der Waals surface area contributed by atoms with E-state index in [2.05, 4.69) is 35.5 Å². The van der Waals surface area contributed by atoms with Crippen LogP contribution in [-0.4, -0.2) is 40.1 Å². The molecule has 0 atom stereocenters. The van der Waals surface area contributed by atoms with Gasteiger partial charge in [0.2, 0.25) is 5.95 Å². The van der Waals surface area contributed by atoms with Gasteiger partial charge in [-0.1, -0.05) is 11.3 Å². The molecule has 1 aliphatic heterocycles. The summed E-state index contributed by atoms with van der Waals surface area (Å²) in [6.07, 6.45) is 6.76. The van der Waals surface area contributed by atoms with Gasteiger partial charge in [0.1, 0.15) is 11.5 Å². The number of nitrogens with one attached hydrogen (secondary N) is 2. The third kappa shape index (κ3) is 3.89. The Kier molecular flexibility index (Phi) is 5.34. The van der Waals surface area contributed by atoms with Crippen LogP contribution in [0.25, 0.3) is 10.6 Å². The van der Waals surface area contributed by atoms with Gasteiger partial charge >= 0.3 is 0 Å². The average Bonchev–Trinajstić information content (AvgIpc) is 3.11. The number of nitrogens with zero attached hydrogens (tertiary/aromatic N) is 5. The van der Waals surface area contributed by atoms with E-state index in [1.807, 2.05) is 25.3 Å². The summed E-state index contributed by atoms with van der Waals surface area (Å²) in [6.45, 7) is 3.98. The average molecular weight is 399 g/mol. The molecule has 3 aromatic rings. The van der Waals surface area contributed by atoms with Crippen LogP contribution in [0.3, 0.4) is 0 Å². The zero-order chi connectivity index (χ0) is 19.5. The van der Waals surface area contributed by atoms with E-state index < -0.39 is 5.82 Å². The van der Waals surface area contributed by atoms with E-state index in [0.717, 1.165) is 29.6 Å². The number of aryl methyl sites for hydroxylation is 1. The Bertz CT molecular complexity index is 951. The van der Waals surface area contributed by atoms with E-state index >= 15 is 0 Å². The molecule has 7 nitrogen and oxygen atoms in total. The SMILES string of the molecule is CNc1nc(C)c(-c2nc(Nc3ccc(N4CCCCC4)cn3)ncc2F)s1. The fourth-order valence-electron chi connectivity index (χ4n) is 3.22. The number of anilines is 4. The van der Waals surface area contributed by atoms with Gasteiger partial charge in [-0.2, -0.15) is 0 Å². The highest BCUT2D eigenvalue weighted by Gasteiger charge is 2.17. The molecule has 146 valence electrons. The second kappa shape index (κ2) is 8.05. The van der Waals surface area contributed by atoms with Crippen molar-refractivity contribution >= 4 is 33.9 Å². The zero-order valence-corrected chi connectivity index (χ0v) is 16.7. The first kappa shape index (κ1) is 18.5. The number of halogens is 1. The second-order valence-electron chi connectivity index (χ2n) is 6.65. The summed E-state index contributed by atoms with van der Waals surface area (Å²) in [4.78, 5) is 20.3. The van der Waals surface area contributed by atoms with Crippen LogP contribution in [0.4, 0.5) is 27.0 Å². The summed E-state index contributed by atoms with van der Waals surface area (Å²) in [5, 5.41) is 6.76. The minimum Gasteiger partial charge on any atom is -0.370 e. The Morgan fingerprint density at radius 1 is 1.07 bits per heavy atom. The van der Waals surface area contributed by atoms with E-state index in [0.29, 0.717) is 16.6 Å². The second-order valence-corrected chi connectivity index (χ2v) is 7.65. The number of piperidine rings is 1. The Hall–Kier alpha value is -2.81. The van der Waals surface area contributed by atoms with Crippen molar-refractivity contribution in [1.82, 2.24) is 19.9 Å². The van der Waals surface area contributed by atoms with E-state index in [1.54, 1.807) is 7.05 Å². The lowest BCUT2D eigenvalue weighted by Crippen LogP contribution is -2.29. The van der Waals surface area contributed by atoms with Gasteiger partial charge in [-0.25, -0.2) is 24.3 Å². The van der Waals surface area contributed by atoms with Gasteiger partial charge in [0.15, 0.2) is 10.9 Å². The van der Waals surface area contributed by atoms with Crippen LogP contribution in [-0.2, 0) is 0 Å². The first-order valence-electron chi connectivity index (χ1n) is 9.30. The molecule has 0 spiro atoms. The number of hydrogen-bond acceptors (Lipinski definition) is 8. The van der Waals surface area contributed by atoms with E-state index in [1.165, 1.54) is 36.8 Å². The molecule has 0 aliphatic carbocycles. The van der Waals surface area contributed by atoms with Crippen LogP contribution in [0.5, 0.6) is 0 Å². The topological polar surface area (TPSA) is 78.9 Å². The normalized spacial score (nSPS) is 14.2. The number of hydrogen-bond donors (Lipinski definition) is 2. The predicted molar refractivity (Wildman–Crippen MR) is 111 cm³/mol. The summed E-state index contributed by atoms with van der Waals surface area (Å²) in [7, 11) is 1.78. The van der Waals surface area contributed by atoms with Crippen LogP contribution in [0.2, 0.25) is 0 Å². The minimum atomic E-state index is -0.478. The van der Waals surface area contributed by atoms with Crippen molar-refractivity contribution in [3.63, 3.8) is 0 Å². The minimum absolute atomic E-state index is 0.235. The van der Waals surface area contributed by atoms with Crippen molar-refractivity contribution in [2.45, 2.75) is 26.2 Å². The van der Waals surface area contributed by atoms with Crippen LogP contribution < -0.4 is 15.5 Å². The van der Waals surface area contributed by atoms with Crippen molar-refractivity contribution < 1.29 is 4.39 Å². The lowest BCUT2D eigenvalue weighted by atomic mass is 10.1. The van der Waals surface area contributed by atoms with Crippen LogP contribution in [0.1, 0.15) is 25.0 Å². The highest BCUT2D eigenvalue weighted by atomic mass is 32.1. The van der Waals surface area contributed by atoms with Crippen molar-refractivity contribution in [3.05, 3.63) is 36.0 Å². The molecule has 1 saturated heterocycles. The van der Waals surface area contributed by atoms with Gasteiger partial charge in [-0.15, -0.1) is 0 Å². The monoisotopic (exact) mass is 399 g/mol. The van der Waals surface area contributed by atoms with Crippen molar-refractivity contribution in [3.8, 4) is 10.6 Å². The first-order chi connectivity index (χ1) is 13.6. The van der Waals surface area contributed by atoms with Crippen molar-refractivity contribution in [2.75, 3.05) is 35.7 Å². The molecule has 1 fully saturated rings. The number of pyridine rings is 1. The molecule has 0 aromatic carbocycles. The molecule has 0 unspecified atom stereocenters. The standard InChI is InChI=1S/C19H22FN7S/c1-12-17(28-19(21-2)24-12)16-14(20)11-23-18(26-16)25-15-7-6-13(10-22-15)27-8-4-3-5-9-27/h6-7,10-11H,3-5,8-9H2,1-2H3,(H,21,24)(H,22,23,25,26). The molecular weight excluding hydrogens is 377 g/mol. The van der Waals surface area contributed by atoms with Crippen LogP contribution >= 0.6 is 11.3 Å². The van der Waals surface area contributed by atoms with E-state index in [4.69, 9.17) is 0 Å². The molecule has 1 aliphatic rings. The number of rotatable bonds is 5. The molecule has 3 aromatic heterocycles. The maximum absolute atomic E-state index is 14.3. The Morgan fingerprint density at radius 3 is 2.57 bits per heavy atom. The quantitative estimate of drug-likeness (QED) is 0.665. The number of aromatic nitrogens is 4. The Balaban J connectivity index is 1.54. The van der Waals surface area contributed by atoms with Gasteiger partial charge in [-0.05, 0) is 38.3 Å². The molecule has 4 heterocycles. The van der Waals surface area contributed by atoms with Crippen molar-refractivity contribution in [1.29, 1.82) is 0 Å². The molecule has 0 bridgehead atoms.